The predicted octanol–water partition coefficient (Wildman–Crippen LogP) is 2.77. The second-order valence-electron chi connectivity index (χ2n) is 7.03. The van der Waals surface area contributed by atoms with Gasteiger partial charge in [-0.25, -0.2) is 9.18 Å². The van der Waals surface area contributed by atoms with Crippen molar-refractivity contribution in [2.45, 2.75) is 32.4 Å². The van der Waals surface area contributed by atoms with Crippen LogP contribution in [0.4, 0.5) is 14.9 Å². The van der Waals surface area contributed by atoms with E-state index in [1.165, 1.54) is 12.1 Å². The number of carbonyl (C=O) groups excluding carboxylic acids is 1. The number of halogens is 1. The number of piperazine rings is 1. The van der Waals surface area contributed by atoms with E-state index >= 15 is 0 Å². The summed E-state index contributed by atoms with van der Waals surface area (Å²) in [6, 6.07) is 4.63. The van der Waals surface area contributed by atoms with Gasteiger partial charge in [-0.3, -0.25) is 0 Å². The first-order valence-electron chi connectivity index (χ1n) is 7.85. The molecular formula is C17H26FN3O2. The number of hydrogen-bond donors (Lipinski definition) is 1. The lowest BCUT2D eigenvalue weighted by Crippen LogP contribution is -2.49. The number of carbonyl (C=O) groups is 1. The van der Waals surface area contributed by atoms with Crippen molar-refractivity contribution in [2.75, 3.05) is 38.6 Å². The fourth-order valence-electron chi connectivity index (χ4n) is 2.66. The van der Waals surface area contributed by atoms with Crippen molar-refractivity contribution >= 4 is 11.8 Å². The van der Waals surface area contributed by atoms with Crippen LogP contribution in [-0.2, 0) is 4.74 Å². The number of benzene rings is 1. The Hall–Kier alpha value is -1.82. The van der Waals surface area contributed by atoms with Crippen LogP contribution >= 0.6 is 0 Å². The first-order chi connectivity index (χ1) is 10.7. The smallest absolute Gasteiger partial charge is 0.410 e. The van der Waals surface area contributed by atoms with E-state index in [2.05, 4.69) is 5.32 Å². The van der Waals surface area contributed by atoms with Gasteiger partial charge in [-0.05, 0) is 44.5 Å². The van der Waals surface area contributed by atoms with Crippen LogP contribution in [0.1, 0.15) is 32.4 Å². The lowest BCUT2D eigenvalue weighted by atomic mass is 10.0. The first-order valence-corrected chi connectivity index (χ1v) is 7.85. The van der Waals surface area contributed by atoms with Gasteiger partial charge in [0.15, 0.2) is 0 Å². The Morgan fingerprint density at radius 2 is 2.09 bits per heavy atom. The molecule has 128 valence electrons. The molecule has 1 aliphatic rings. The molecule has 1 aliphatic heterocycles. The van der Waals surface area contributed by atoms with Gasteiger partial charge in [0.2, 0.25) is 0 Å². The Bertz CT molecular complexity index is 569. The Morgan fingerprint density at radius 1 is 1.39 bits per heavy atom. The third-order valence-corrected chi connectivity index (χ3v) is 3.67. The molecule has 2 rings (SSSR count). The molecule has 0 saturated carbocycles. The number of nitrogens with zero attached hydrogens (tertiary/aromatic N) is 2. The number of anilines is 1. The first kappa shape index (κ1) is 17.5. The summed E-state index contributed by atoms with van der Waals surface area (Å²) in [4.78, 5) is 15.9. The average Bonchev–Trinajstić information content (AvgIpc) is 2.45. The zero-order valence-electron chi connectivity index (χ0n) is 14.5. The second kappa shape index (κ2) is 6.74. The SMILES string of the molecule is CN(C)c1ccc(F)cc1C1CN(C(=O)OC(C)(C)C)CCN1. The van der Waals surface area contributed by atoms with E-state index in [0.717, 1.165) is 11.3 Å². The highest BCUT2D eigenvalue weighted by molar-refractivity contribution is 5.68. The number of nitrogens with one attached hydrogen (secondary N) is 1. The standard InChI is InChI=1S/C17H26FN3O2/c1-17(2,3)23-16(22)21-9-8-19-14(11-21)13-10-12(18)6-7-15(13)20(4)5/h6-7,10,14,19H,8-9,11H2,1-5H3. The van der Waals surface area contributed by atoms with Crippen molar-refractivity contribution in [1.82, 2.24) is 10.2 Å². The van der Waals surface area contributed by atoms with E-state index in [1.54, 1.807) is 11.0 Å². The summed E-state index contributed by atoms with van der Waals surface area (Å²) in [6.45, 7) is 7.23. The van der Waals surface area contributed by atoms with Gasteiger partial charge in [-0.1, -0.05) is 0 Å². The summed E-state index contributed by atoms with van der Waals surface area (Å²) >= 11 is 0. The molecule has 1 aromatic rings. The molecule has 0 bridgehead atoms. The van der Waals surface area contributed by atoms with E-state index in [4.69, 9.17) is 4.74 Å². The minimum absolute atomic E-state index is 0.121. The van der Waals surface area contributed by atoms with Crippen LogP contribution in [0.15, 0.2) is 18.2 Å². The maximum Gasteiger partial charge on any atom is 0.410 e. The molecule has 1 heterocycles. The van der Waals surface area contributed by atoms with Crippen LogP contribution in [0.25, 0.3) is 0 Å². The fraction of sp³-hybridized carbons (Fsp3) is 0.588. The lowest BCUT2D eigenvalue weighted by molar-refractivity contribution is 0.0195. The monoisotopic (exact) mass is 323 g/mol. The molecule has 23 heavy (non-hydrogen) atoms. The zero-order chi connectivity index (χ0) is 17.2. The highest BCUT2D eigenvalue weighted by Crippen LogP contribution is 2.28. The highest BCUT2D eigenvalue weighted by atomic mass is 19.1. The quantitative estimate of drug-likeness (QED) is 0.909. The summed E-state index contributed by atoms with van der Waals surface area (Å²) in [6.07, 6.45) is -0.327. The molecule has 5 nitrogen and oxygen atoms in total. The summed E-state index contributed by atoms with van der Waals surface area (Å²) in [5.41, 5.74) is 1.27. The minimum atomic E-state index is -0.523. The highest BCUT2D eigenvalue weighted by Gasteiger charge is 2.29. The predicted molar refractivity (Wildman–Crippen MR) is 89.3 cm³/mol. The Morgan fingerprint density at radius 3 is 2.70 bits per heavy atom. The Balaban J connectivity index is 2.18. The summed E-state index contributed by atoms with van der Waals surface area (Å²) in [5.74, 6) is -0.276. The maximum absolute atomic E-state index is 13.7. The molecule has 0 aliphatic carbocycles. The van der Waals surface area contributed by atoms with E-state index in [-0.39, 0.29) is 18.0 Å². The summed E-state index contributed by atoms with van der Waals surface area (Å²) in [5, 5.41) is 3.36. The van der Waals surface area contributed by atoms with Crippen molar-refractivity contribution in [1.29, 1.82) is 0 Å². The van der Waals surface area contributed by atoms with Crippen molar-refractivity contribution in [3.05, 3.63) is 29.6 Å². The van der Waals surface area contributed by atoms with Gasteiger partial charge in [0.1, 0.15) is 11.4 Å². The second-order valence-corrected chi connectivity index (χ2v) is 7.03. The number of hydrogen-bond acceptors (Lipinski definition) is 4. The topological polar surface area (TPSA) is 44.8 Å². The molecule has 1 atom stereocenters. The molecule has 0 aromatic heterocycles. The van der Waals surface area contributed by atoms with Crippen LogP contribution in [0, 0.1) is 5.82 Å². The Labute approximate surface area is 137 Å². The van der Waals surface area contributed by atoms with Gasteiger partial charge in [0.05, 0.1) is 6.04 Å². The van der Waals surface area contributed by atoms with Gasteiger partial charge >= 0.3 is 6.09 Å². The molecule has 0 radical (unpaired) electrons. The number of amides is 1. The van der Waals surface area contributed by atoms with Gasteiger partial charge in [-0.15, -0.1) is 0 Å². The van der Waals surface area contributed by atoms with Crippen molar-refractivity contribution in [3.63, 3.8) is 0 Å². The van der Waals surface area contributed by atoms with Gasteiger partial charge < -0.3 is 19.9 Å². The van der Waals surface area contributed by atoms with Crippen molar-refractivity contribution in [3.8, 4) is 0 Å². The normalized spacial score (nSPS) is 18.7. The van der Waals surface area contributed by atoms with Crippen LogP contribution < -0.4 is 10.2 Å². The van der Waals surface area contributed by atoms with Crippen molar-refractivity contribution in [2.24, 2.45) is 0 Å². The van der Waals surface area contributed by atoms with E-state index < -0.39 is 5.60 Å². The third kappa shape index (κ3) is 4.58. The van der Waals surface area contributed by atoms with Crippen LogP contribution in [0.2, 0.25) is 0 Å². The van der Waals surface area contributed by atoms with Crippen molar-refractivity contribution < 1.29 is 13.9 Å². The van der Waals surface area contributed by atoms with Crippen LogP contribution in [0.3, 0.4) is 0 Å². The van der Waals surface area contributed by atoms with E-state index in [9.17, 15) is 9.18 Å². The van der Waals surface area contributed by atoms with Gasteiger partial charge in [-0.2, -0.15) is 0 Å². The van der Waals surface area contributed by atoms with Crippen LogP contribution in [-0.4, -0.2) is 50.3 Å². The molecule has 6 heteroatoms. The molecule has 1 saturated heterocycles. The largest absolute Gasteiger partial charge is 0.444 e. The maximum atomic E-state index is 13.7. The summed E-state index contributed by atoms with van der Waals surface area (Å²) < 4.78 is 19.1. The number of ether oxygens (including phenoxy) is 1. The van der Waals surface area contributed by atoms with Gasteiger partial charge in [0, 0.05) is 39.4 Å². The zero-order valence-corrected chi connectivity index (χ0v) is 14.5. The van der Waals surface area contributed by atoms with Crippen LogP contribution in [0.5, 0.6) is 0 Å². The summed E-state index contributed by atoms with van der Waals surface area (Å²) in [7, 11) is 3.84. The molecule has 1 aromatic carbocycles. The molecule has 1 N–H and O–H groups in total. The van der Waals surface area contributed by atoms with Gasteiger partial charge in [0.25, 0.3) is 0 Å². The molecular weight excluding hydrogens is 297 g/mol. The van der Waals surface area contributed by atoms with E-state index in [0.29, 0.717) is 19.6 Å². The Kier molecular flexibility index (Phi) is 5.14. The van der Waals surface area contributed by atoms with E-state index in [1.807, 2.05) is 39.8 Å². The molecule has 1 unspecified atom stereocenters. The average molecular weight is 323 g/mol. The molecule has 0 spiro atoms. The third-order valence-electron chi connectivity index (χ3n) is 3.67. The lowest BCUT2D eigenvalue weighted by Gasteiger charge is -2.36. The molecule has 1 amide bonds. The molecule has 1 fully saturated rings. The fourth-order valence-corrected chi connectivity index (χ4v) is 2.66. The minimum Gasteiger partial charge on any atom is -0.444 e. The number of rotatable bonds is 2.